The minimum atomic E-state index is 0.0237. The van der Waals surface area contributed by atoms with Gasteiger partial charge in [0.1, 0.15) is 0 Å². The second-order valence-electron chi connectivity index (χ2n) is 4.20. The van der Waals surface area contributed by atoms with E-state index in [4.69, 9.17) is 0 Å². The maximum Gasteiger partial charge on any atom is 0.234 e. The lowest BCUT2D eigenvalue weighted by Gasteiger charge is -2.09. The highest BCUT2D eigenvalue weighted by Crippen LogP contribution is 1.99. The van der Waals surface area contributed by atoms with Crippen molar-refractivity contribution in [2.45, 2.75) is 33.4 Å². The smallest absolute Gasteiger partial charge is 0.234 e. The Labute approximate surface area is 96.5 Å². The Morgan fingerprint density at radius 3 is 2.81 bits per heavy atom. The number of aryl methyl sites for hydroxylation is 1. The van der Waals surface area contributed by atoms with Gasteiger partial charge in [0.15, 0.2) is 0 Å². The number of pyridine rings is 1. The third kappa shape index (κ3) is 4.89. The Bertz CT molecular complexity index is 350. The standard InChI is InChI=1S/C12H19N3O/c1-9(2)15-12(16)8-14-7-11-4-10(3)5-13-6-11/h4-6,9,14H,7-8H2,1-3H3,(H,15,16). The first-order valence-electron chi connectivity index (χ1n) is 5.48. The maximum absolute atomic E-state index is 11.3. The average molecular weight is 221 g/mol. The Balaban J connectivity index is 2.28. The number of nitrogens with one attached hydrogen (secondary N) is 2. The number of amides is 1. The molecule has 16 heavy (non-hydrogen) atoms. The van der Waals surface area contributed by atoms with Crippen LogP contribution in [0.2, 0.25) is 0 Å². The Hall–Kier alpha value is -1.42. The van der Waals surface area contributed by atoms with E-state index in [0.29, 0.717) is 13.1 Å². The van der Waals surface area contributed by atoms with E-state index in [1.54, 1.807) is 6.20 Å². The van der Waals surface area contributed by atoms with Gasteiger partial charge in [0.25, 0.3) is 0 Å². The molecule has 0 fully saturated rings. The van der Waals surface area contributed by atoms with E-state index < -0.39 is 0 Å². The van der Waals surface area contributed by atoms with Crippen LogP contribution in [0.25, 0.3) is 0 Å². The van der Waals surface area contributed by atoms with Crippen molar-refractivity contribution < 1.29 is 4.79 Å². The van der Waals surface area contributed by atoms with Gasteiger partial charge in [0.05, 0.1) is 6.54 Å². The number of carbonyl (C=O) groups is 1. The summed E-state index contributed by atoms with van der Waals surface area (Å²) in [4.78, 5) is 15.4. The lowest BCUT2D eigenvalue weighted by Crippen LogP contribution is -2.37. The van der Waals surface area contributed by atoms with E-state index in [2.05, 4.69) is 21.7 Å². The fraction of sp³-hybridized carbons (Fsp3) is 0.500. The van der Waals surface area contributed by atoms with Gasteiger partial charge in [-0.1, -0.05) is 6.07 Å². The van der Waals surface area contributed by atoms with Crippen LogP contribution in [0.5, 0.6) is 0 Å². The summed E-state index contributed by atoms with van der Waals surface area (Å²) >= 11 is 0. The summed E-state index contributed by atoms with van der Waals surface area (Å²) in [5.74, 6) is 0.0237. The molecule has 0 spiro atoms. The summed E-state index contributed by atoms with van der Waals surface area (Å²) in [6.45, 7) is 6.90. The summed E-state index contributed by atoms with van der Waals surface area (Å²) < 4.78 is 0. The number of hydrogen-bond donors (Lipinski definition) is 2. The Morgan fingerprint density at radius 1 is 1.44 bits per heavy atom. The van der Waals surface area contributed by atoms with Crippen molar-refractivity contribution in [1.29, 1.82) is 0 Å². The van der Waals surface area contributed by atoms with E-state index in [-0.39, 0.29) is 11.9 Å². The molecule has 1 aromatic heterocycles. The Morgan fingerprint density at radius 2 is 2.19 bits per heavy atom. The molecule has 2 N–H and O–H groups in total. The van der Waals surface area contributed by atoms with E-state index >= 15 is 0 Å². The first kappa shape index (κ1) is 12.6. The molecule has 0 aliphatic carbocycles. The zero-order valence-electron chi connectivity index (χ0n) is 10.1. The van der Waals surface area contributed by atoms with Gasteiger partial charge in [-0.15, -0.1) is 0 Å². The fourth-order valence-corrected chi connectivity index (χ4v) is 1.41. The van der Waals surface area contributed by atoms with Crippen LogP contribution in [0.15, 0.2) is 18.5 Å². The fourth-order valence-electron chi connectivity index (χ4n) is 1.41. The second-order valence-corrected chi connectivity index (χ2v) is 4.20. The molecular formula is C12H19N3O. The molecule has 1 rings (SSSR count). The molecule has 1 heterocycles. The highest BCUT2D eigenvalue weighted by molar-refractivity contribution is 5.78. The molecule has 0 unspecified atom stereocenters. The SMILES string of the molecule is Cc1cncc(CNCC(=O)NC(C)C)c1. The lowest BCUT2D eigenvalue weighted by atomic mass is 10.2. The topological polar surface area (TPSA) is 54.0 Å². The highest BCUT2D eigenvalue weighted by Gasteiger charge is 2.02. The summed E-state index contributed by atoms with van der Waals surface area (Å²) in [7, 11) is 0. The summed E-state index contributed by atoms with van der Waals surface area (Å²) in [6.07, 6.45) is 3.62. The molecule has 0 atom stereocenters. The highest BCUT2D eigenvalue weighted by atomic mass is 16.1. The van der Waals surface area contributed by atoms with Gasteiger partial charge in [0, 0.05) is 25.0 Å². The van der Waals surface area contributed by atoms with Crippen LogP contribution in [0, 0.1) is 6.92 Å². The van der Waals surface area contributed by atoms with Crippen LogP contribution < -0.4 is 10.6 Å². The molecule has 0 bridgehead atoms. The number of nitrogens with zero attached hydrogens (tertiary/aromatic N) is 1. The summed E-state index contributed by atoms with van der Waals surface area (Å²) in [5.41, 5.74) is 2.23. The van der Waals surface area contributed by atoms with Gasteiger partial charge in [-0.2, -0.15) is 0 Å². The van der Waals surface area contributed by atoms with Crippen LogP contribution in [0.4, 0.5) is 0 Å². The first-order valence-corrected chi connectivity index (χ1v) is 5.48. The van der Waals surface area contributed by atoms with Crippen molar-refractivity contribution in [3.63, 3.8) is 0 Å². The molecule has 4 heteroatoms. The maximum atomic E-state index is 11.3. The number of rotatable bonds is 5. The molecule has 0 aliphatic rings. The van der Waals surface area contributed by atoms with Crippen molar-refractivity contribution in [1.82, 2.24) is 15.6 Å². The lowest BCUT2D eigenvalue weighted by molar-refractivity contribution is -0.120. The minimum absolute atomic E-state index is 0.0237. The molecule has 0 aromatic carbocycles. The van der Waals surface area contributed by atoms with E-state index in [9.17, 15) is 4.79 Å². The number of aromatic nitrogens is 1. The molecule has 1 amide bonds. The molecule has 0 radical (unpaired) electrons. The van der Waals surface area contributed by atoms with E-state index in [0.717, 1.165) is 11.1 Å². The quantitative estimate of drug-likeness (QED) is 0.780. The van der Waals surface area contributed by atoms with Gasteiger partial charge in [-0.3, -0.25) is 9.78 Å². The van der Waals surface area contributed by atoms with E-state index in [1.807, 2.05) is 27.0 Å². The molecular weight excluding hydrogens is 202 g/mol. The monoisotopic (exact) mass is 221 g/mol. The summed E-state index contributed by atoms with van der Waals surface area (Å²) in [5, 5.41) is 5.91. The number of hydrogen-bond acceptors (Lipinski definition) is 3. The van der Waals surface area contributed by atoms with Gasteiger partial charge in [0.2, 0.25) is 5.91 Å². The Kier molecular flexibility index (Phi) is 4.92. The van der Waals surface area contributed by atoms with Crippen molar-refractivity contribution >= 4 is 5.91 Å². The van der Waals surface area contributed by atoms with Crippen molar-refractivity contribution in [3.8, 4) is 0 Å². The average Bonchev–Trinajstić information content (AvgIpc) is 2.16. The van der Waals surface area contributed by atoms with Crippen LogP contribution in [0.3, 0.4) is 0 Å². The largest absolute Gasteiger partial charge is 0.353 e. The van der Waals surface area contributed by atoms with Crippen molar-refractivity contribution in [3.05, 3.63) is 29.6 Å². The van der Waals surface area contributed by atoms with Gasteiger partial charge >= 0.3 is 0 Å². The predicted molar refractivity (Wildman–Crippen MR) is 64.0 cm³/mol. The molecule has 88 valence electrons. The third-order valence-electron chi connectivity index (χ3n) is 2.00. The predicted octanol–water partition coefficient (Wildman–Crippen LogP) is 1.00. The molecule has 4 nitrogen and oxygen atoms in total. The van der Waals surface area contributed by atoms with Gasteiger partial charge < -0.3 is 10.6 Å². The molecule has 0 saturated heterocycles. The normalized spacial score (nSPS) is 10.5. The zero-order valence-corrected chi connectivity index (χ0v) is 10.1. The molecule has 1 aromatic rings. The van der Waals surface area contributed by atoms with Crippen LogP contribution >= 0.6 is 0 Å². The van der Waals surface area contributed by atoms with E-state index in [1.165, 1.54) is 0 Å². The van der Waals surface area contributed by atoms with Crippen LogP contribution in [-0.4, -0.2) is 23.5 Å². The van der Waals surface area contributed by atoms with Crippen LogP contribution in [-0.2, 0) is 11.3 Å². The molecule has 0 aliphatic heterocycles. The first-order chi connectivity index (χ1) is 7.58. The molecule has 0 saturated carbocycles. The summed E-state index contributed by atoms with van der Waals surface area (Å²) in [6, 6.07) is 2.25. The van der Waals surface area contributed by atoms with Crippen LogP contribution in [0.1, 0.15) is 25.0 Å². The zero-order chi connectivity index (χ0) is 12.0. The minimum Gasteiger partial charge on any atom is -0.353 e. The second kappa shape index (κ2) is 6.23. The number of carbonyl (C=O) groups excluding carboxylic acids is 1. The van der Waals surface area contributed by atoms with Crippen molar-refractivity contribution in [2.75, 3.05) is 6.54 Å². The van der Waals surface area contributed by atoms with Gasteiger partial charge in [-0.25, -0.2) is 0 Å². The van der Waals surface area contributed by atoms with Crippen molar-refractivity contribution in [2.24, 2.45) is 0 Å². The third-order valence-corrected chi connectivity index (χ3v) is 2.00. The van der Waals surface area contributed by atoms with Gasteiger partial charge in [-0.05, 0) is 31.9 Å².